The number of aromatic nitrogens is 4. The number of imidazole rings is 1. The molecular formula is C20H24FN7O. The molecule has 29 heavy (non-hydrogen) atoms. The van der Waals surface area contributed by atoms with Gasteiger partial charge in [0.25, 0.3) is 0 Å². The van der Waals surface area contributed by atoms with Crippen LogP contribution in [0.25, 0.3) is 11.0 Å². The maximum atomic E-state index is 13.4. The number of ether oxygens (including phenoxy) is 1. The Labute approximate surface area is 167 Å². The summed E-state index contributed by atoms with van der Waals surface area (Å²) in [5.74, 6) is 3.02. The SMILES string of the molecule is Nc1cc(N2CCC(c3nc4ccc(F)cc4[nH]3)CC2)nc(N2CCOCC2)n1. The largest absolute Gasteiger partial charge is 0.383 e. The Bertz CT molecular complexity index is 1010. The van der Waals surface area contributed by atoms with Crippen LogP contribution >= 0.6 is 0 Å². The molecule has 3 N–H and O–H groups in total. The third-order valence-corrected chi connectivity index (χ3v) is 5.68. The molecule has 3 aromatic rings. The normalized spacial score (nSPS) is 18.5. The summed E-state index contributed by atoms with van der Waals surface area (Å²) in [6, 6.07) is 6.50. The standard InChI is InChI=1S/C20H24FN7O/c21-14-1-2-15-16(11-14)24-19(23-15)13-3-5-27(6-4-13)18-12-17(22)25-20(26-18)28-7-9-29-10-8-28/h1-2,11-13H,3-10H2,(H,23,24)(H2,22,25,26). The van der Waals surface area contributed by atoms with Gasteiger partial charge in [0.05, 0.1) is 24.2 Å². The molecule has 0 unspecified atom stereocenters. The number of hydrogen-bond donors (Lipinski definition) is 2. The summed E-state index contributed by atoms with van der Waals surface area (Å²) in [6.45, 7) is 4.62. The number of H-pyrrole nitrogens is 1. The van der Waals surface area contributed by atoms with Crippen molar-refractivity contribution in [2.24, 2.45) is 0 Å². The fraction of sp³-hybridized carbons (Fsp3) is 0.450. The molecule has 0 amide bonds. The topological polar surface area (TPSA) is 96.2 Å². The van der Waals surface area contributed by atoms with E-state index in [9.17, 15) is 4.39 Å². The molecule has 8 nitrogen and oxygen atoms in total. The second-order valence-electron chi connectivity index (χ2n) is 7.60. The zero-order valence-electron chi connectivity index (χ0n) is 16.1. The lowest BCUT2D eigenvalue weighted by molar-refractivity contribution is 0.122. The van der Waals surface area contributed by atoms with Gasteiger partial charge in [-0.15, -0.1) is 0 Å². The molecule has 0 saturated carbocycles. The Hall–Kier alpha value is -2.94. The molecule has 5 rings (SSSR count). The highest BCUT2D eigenvalue weighted by Crippen LogP contribution is 2.30. The van der Waals surface area contributed by atoms with Crippen LogP contribution in [-0.4, -0.2) is 59.3 Å². The van der Waals surface area contributed by atoms with Crippen LogP contribution in [0.15, 0.2) is 24.3 Å². The average molecular weight is 397 g/mol. The predicted octanol–water partition coefficient (Wildman–Crippen LogP) is 2.29. The first kappa shape index (κ1) is 18.1. The zero-order chi connectivity index (χ0) is 19.8. The van der Waals surface area contributed by atoms with Crippen molar-refractivity contribution in [3.8, 4) is 0 Å². The molecule has 152 valence electrons. The van der Waals surface area contributed by atoms with Crippen molar-refractivity contribution in [2.45, 2.75) is 18.8 Å². The van der Waals surface area contributed by atoms with Gasteiger partial charge < -0.3 is 25.3 Å². The summed E-state index contributed by atoms with van der Waals surface area (Å²) < 4.78 is 18.9. The molecular weight excluding hydrogens is 373 g/mol. The molecule has 0 spiro atoms. The van der Waals surface area contributed by atoms with E-state index >= 15 is 0 Å². The first-order valence-corrected chi connectivity index (χ1v) is 10.0. The van der Waals surface area contributed by atoms with E-state index in [1.54, 1.807) is 6.07 Å². The van der Waals surface area contributed by atoms with Crippen LogP contribution in [-0.2, 0) is 4.74 Å². The number of halogens is 1. The monoisotopic (exact) mass is 397 g/mol. The maximum absolute atomic E-state index is 13.4. The Kier molecular flexibility index (Phi) is 4.67. The summed E-state index contributed by atoms with van der Waals surface area (Å²) in [4.78, 5) is 21.5. The van der Waals surface area contributed by atoms with Gasteiger partial charge in [-0.25, -0.2) is 9.37 Å². The molecule has 0 aliphatic carbocycles. The van der Waals surface area contributed by atoms with Crippen LogP contribution < -0.4 is 15.5 Å². The van der Waals surface area contributed by atoms with Gasteiger partial charge in [0.15, 0.2) is 0 Å². The number of piperidine rings is 1. The van der Waals surface area contributed by atoms with Crippen molar-refractivity contribution in [3.63, 3.8) is 0 Å². The quantitative estimate of drug-likeness (QED) is 0.700. The lowest BCUT2D eigenvalue weighted by atomic mass is 9.96. The fourth-order valence-corrected chi connectivity index (χ4v) is 4.08. The van der Waals surface area contributed by atoms with E-state index in [1.807, 2.05) is 6.07 Å². The summed E-state index contributed by atoms with van der Waals surface area (Å²) in [5.41, 5.74) is 7.62. The van der Waals surface area contributed by atoms with Crippen molar-refractivity contribution in [2.75, 3.05) is 54.9 Å². The molecule has 2 fully saturated rings. The molecule has 2 aromatic heterocycles. The Morgan fingerprint density at radius 2 is 1.79 bits per heavy atom. The number of benzene rings is 1. The second-order valence-corrected chi connectivity index (χ2v) is 7.60. The zero-order valence-corrected chi connectivity index (χ0v) is 16.1. The smallest absolute Gasteiger partial charge is 0.229 e. The van der Waals surface area contributed by atoms with E-state index in [4.69, 9.17) is 15.5 Å². The number of fused-ring (bicyclic) bond motifs is 1. The number of nitrogen functional groups attached to an aromatic ring is 1. The summed E-state index contributed by atoms with van der Waals surface area (Å²) in [5, 5.41) is 0. The van der Waals surface area contributed by atoms with Gasteiger partial charge in [0.1, 0.15) is 23.3 Å². The molecule has 0 radical (unpaired) electrons. The fourth-order valence-electron chi connectivity index (χ4n) is 4.08. The van der Waals surface area contributed by atoms with E-state index < -0.39 is 0 Å². The van der Waals surface area contributed by atoms with E-state index in [0.29, 0.717) is 30.9 Å². The highest BCUT2D eigenvalue weighted by atomic mass is 19.1. The molecule has 0 atom stereocenters. The minimum atomic E-state index is -0.250. The van der Waals surface area contributed by atoms with Crippen molar-refractivity contribution in [1.29, 1.82) is 0 Å². The predicted molar refractivity (Wildman–Crippen MR) is 110 cm³/mol. The first-order valence-electron chi connectivity index (χ1n) is 10.0. The van der Waals surface area contributed by atoms with Gasteiger partial charge in [-0.1, -0.05) is 0 Å². The first-order chi connectivity index (χ1) is 14.2. The van der Waals surface area contributed by atoms with Crippen molar-refractivity contribution in [1.82, 2.24) is 19.9 Å². The van der Waals surface area contributed by atoms with Gasteiger partial charge in [-0.3, -0.25) is 0 Å². The average Bonchev–Trinajstić information content (AvgIpc) is 3.17. The van der Waals surface area contributed by atoms with Crippen LogP contribution in [0, 0.1) is 5.82 Å². The Balaban J connectivity index is 1.30. The van der Waals surface area contributed by atoms with Crippen LogP contribution in [0.3, 0.4) is 0 Å². The number of hydrogen-bond acceptors (Lipinski definition) is 7. The molecule has 9 heteroatoms. The van der Waals surface area contributed by atoms with E-state index in [1.165, 1.54) is 12.1 Å². The van der Waals surface area contributed by atoms with Gasteiger partial charge >= 0.3 is 0 Å². The van der Waals surface area contributed by atoms with Gasteiger partial charge in [-0.05, 0) is 31.0 Å². The number of nitrogens with zero attached hydrogens (tertiary/aromatic N) is 5. The van der Waals surface area contributed by atoms with Crippen molar-refractivity contribution >= 4 is 28.6 Å². The minimum Gasteiger partial charge on any atom is -0.383 e. The molecule has 4 heterocycles. The van der Waals surface area contributed by atoms with Crippen LogP contribution in [0.2, 0.25) is 0 Å². The third-order valence-electron chi connectivity index (χ3n) is 5.68. The van der Waals surface area contributed by atoms with Crippen molar-refractivity contribution in [3.05, 3.63) is 35.9 Å². The van der Waals surface area contributed by atoms with Gasteiger partial charge in [-0.2, -0.15) is 9.97 Å². The van der Waals surface area contributed by atoms with Crippen molar-refractivity contribution < 1.29 is 9.13 Å². The molecule has 2 aliphatic heterocycles. The number of nitrogens with one attached hydrogen (secondary N) is 1. The van der Waals surface area contributed by atoms with Gasteiger partial charge in [0.2, 0.25) is 5.95 Å². The number of aromatic amines is 1. The lowest BCUT2D eigenvalue weighted by Gasteiger charge is -2.33. The minimum absolute atomic E-state index is 0.250. The molecule has 2 aliphatic rings. The third kappa shape index (κ3) is 3.69. The number of nitrogens with two attached hydrogens (primary N) is 1. The van der Waals surface area contributed by atoms with Gasteiger partial charge in [0, 0.05) is 38.2 Å². The lowest BCUT2D eigenvalue weighted by Crippen LogP contribution is -2.38. The molecule has 1 aromatic carbocycles. The van der Waals surface area contributed by atoms with E-state index in [2.05, 4.69) is 24.8 Å². The highest BCUT2D eigenvalue weighted by molar-refractivity contribution is 5.75. The number of morpholine rings is 1. The Morgan fingerprint density at radius 3 is 2.59 bits per heavy atom. The van der Waals surface area contributed by atoms with Crippen LogP contribution in [0.5, 0.6) is 0 Å². The van der Waals surface area contributed by atoms with E-state index in [0.717, 1.165) is 61.7 Å². The van der Waals surface area contributed by atoms with Crippen LogP contribution in [0.1, 0.15) is 24.6 Å². The van der Waals surface area contributed by atoms with E-state index in [-0.39, 0.29) is 5.82 Å². The molecule has 0 bridgehead atoms. The summed E-state index contributed by atoms with van der Waals surface area (Å²) in [6.07, 6.45) is 1.89. The number of anilines is 3. The summed E-state index contributed by atoms with van der Waals surface area (Å²) in [7, 11) is 0. The Morgan fingerprint density at radius 1 is 1.00 bits per heavy atom. The molecule has 2 saturated heterocycles. The van der Waals surface area contributed by atoms with Crippen LogP contribution in [0.4, 0.5) is 22.0 Å². The summed E-state index contributed by atoms with van der Waals surface area (Å²) >= 11 is 0. The number of rotatable bonds is 3. The maximum Gasteiger partial charge on any atom is 0.229 e. The second kappa shape index (κ2) is 7.47. The highest BCUT2D eigenvalue weighted by Gasteiger charge is 2.25.